The van der Waals surface area contributed by atoms with Gasteiger partial charge in [-0.25, -0.2) is 4.79 Å². The van der Waals surface area contributed by atoms with Crippen LogP contribution < -0.4 is 0 Å². The van der Waals surface area contributed by atoms with Crippen molar-refractivity contribution in [3.63, 3.8) is 0 Å². The molecule has 1 rings (SSSR count). The van der Waals surface area contributed by atoms with Crippen molar-refractivity contribution in [3.8, 4) is 0 Å². The van der Waals surface area contributed by atoms with Crippen LogP contribution in [0.25, 0.3) is 0 Å². The summed E-state index contributed by atoms with van der Waals surface area (Å²) in [6.07, 6.45) is -0.957. The van der Waals surface area contributed by atoms with Gasteiger partial charge in [0.2, 0.25) is 6.10 Å². The Balaban J connectivity index is 0.000000810. The van der Waals surface area contributed by atoms with Crippen LogP contribution in [-0.2, 0) is 36.7 Å². The molecule has 1 aliphatic heterocycles. The van der Waals surface area contributed by atoms with Gasteiger partial charge >= 0.3 is 5.97 Å². The minimum absolute atomic E-state index is 0. The summed E-state index contributed by atoms with van der Waals surface area (Å²) in [5.74, 6) is -1.51. The van der Waals surface area contributed by atoms with Crippen molar-refractivity contribution in [1.82, 2.24) is 0 Å². The van der Waals surface area contributed by atoms with Crippen molar-refractivity contribution in [3.05, 3.63) is 0 Å². The number of rotatable bonds is 1. The molecule has 0 aromatic rings. The summed E-state index contributed by atoms with van der Waals surface area (Å²) in [4.78, 5) is 20.6. The molecule has 1 atom stereocenters. The van der Waals surface area contributed by atoms with Crippen LogP contribution in [0.4, 0.5) is 0 Å². The predicted octanol–water partition coefficient (Wildman–Crippen LogP) is -0.574. The fourth-order valence-corrected chi connectivity index (χ4v) is 0.710. The van der Waals surface area contributed by atoms with Crippen LogP contribution in [-0.4, -0.2) is 29.6 Å². The molecule has 0 aromatic carbocycles. The van der Waals surface area contributed by atoms with Gasteiger partial charge in [0.15, 0.2) is 5.78 Å². The number of ether oxygens (including phenoxy) is 1. The molecule has 0 bridgehead atoms. The first-order chi connectivity index (χ1) is 4.22. The molecule has 0 aliphatic carbocycles. The van der Waals surface area contributed by atoms with Crippen LogP contribution in [0.5, 0.6) is 0 Å². The van der Waals surface area contributed by atoms with Gasteiger partial charge in [0.1, 0.15) is 0 Å². The molecule has 0 spiro atoms. The van der Waals surface area contributed by atoms with Gasteiger partial charge in [0.25, 0.3) is 0 Å². The summed E-state index contributed by atoms with van der Waals surface area (Å²) in [5.41, 5.74) is 0. The molecule has 1 heterocycles. The largest absolute Gasteiger partial charge is 0.479 e. The van der Waals surface area contributed by atoms with Crippen molar-refractivity contribution in [2.24, 2.45) is 0 Å². The number of hydrogen-bond acceptors (Lipinski definition) is 3. The Labute approximate surface area is 73.1 Å². The standard InChI is InChI=1S/C5H6O4.Ag/c6-3-1-2-9-4(3)5(7)8;/h4H,1-2H2,(H,7,8);. The Morgan fingerprint density at radius 2 is 2.30 bits per heavy atom. The number of hydrogen-bond donors (Lipinski definition) is 1. The van der Waals surface area contributed by atoms with E-state index in [4.69, 9.17) is 5.11 Å². The average Bonchev–Trinajstić information content (AvgIpc) is 2.13. The molecule has 4 nitrogen and oxygen atoms in total. The molecule has 61 valence electrons. The van der Waals surface area contributed by atoms with Crippen LogP contribution in [0, 0.1) is 0 Å². The van der Waals surface area contributed by atoms with E-state index >= 15 is 0 Å². The second-order valence-corrected chi connectivity index (χ2v) is 1.81. The molecular weight excluding hydrogens is 232 g/mol. The molecule has 0 aromatic heterocycles. The second kappa shape index (κ2) is 3.88. The molecule has 1 unspecified atom stereocenters. The molecule has 0 amide bonds. The first kappa shape index (κ1) is 9.84. The zero-order valence-corrected chi connectivity index (χ0v) is 6.45. The van der Waals surface area contributed by atoms with E-state index in [9.17, 15) is 9.59 Å². The monoisotopic (exact) mass is 237 g/mol. The SMILES string of the molecule is O=C(O)C1OCCC1=O.[Ag]. The summed E-state index contributed by atoms with van der Waals surface area (Å²) >= 11 is 0. The fourth-order valence-electron chi connectivity index (χ4n) is 0.710. The maximum absolute atomic E-state index is 10.5. The van der Waals surface area contributed by atoms with Gasteiger partial charge in [0, 0.05) is 28.8 Å². The van der Waals surface area contributed by atoms with Crippen LogP contribution in [0.15, 0.2) is 0 Å². The van der Waals surface area contributed by atoms with E-state index in [0.29, 0.717) is 0 Å². The van der Waals surface area contributed by atoms with E-state index in [1.807, 2.05) is 0 Å². The van der Waals surface area contributed by atoms with Crippen LogP contribution in [0.2, 0.25) is 0 Å². The third kappa shape index (κ3) is 1.92. The Morgan fingerprint density at radius 1 is 1.70 bits per heavy atom. The van der Waals surface area contributed by atoms with Gasteiger partial charge in [-0.05, 0) is 0 Å². The Hall–Kier alpha value is -0.160. The van der Waals surface area contributed by atoms with Crippen molar-refractivity contribution in [1.29, 1.82) is 0 Å². The third-order valence-electron chi connectivity index (χ3n) is 1.15. The quantitative estimate of drug-likeness (QED) is 0.490. The topological polar surface area (TPSA) is 63.6 Å². The van der Waals surface area contributed by atoms with Gasteiger partial charge < -0.3 is 9.84 Å². The minimum Gasteiger partial charge on any atom is -0.479 e. The maximum Gasteiger partial charge on any atom is 0.340 e. The molecule has 1 N–H and O–H groups in total. The van der Waals surface area contributed by atoms with Gasteiger partial charge in [-0.3, -0.25) is 4.79 Å². The molecule has 1 saturated heterocycles. The summed E-state index contributed by atoms with van der Waals surface area (Å²) in [6.45, 7) is 0.246. The van der Waals surface area contributed by atoms with Crippen molar-refractivity contribution < 1.29 is 41.8 Å². The smallest absolute Gasteiger partial charge is 0.340 e. The second-order valence-electron chi connectivity index (χ2n) is 1.81. The normalized spacial score (nSPS) is 24.0. The zero-order chi connectivity index (χ0) is 6.85. The zero-order valence-electron chi connectivity index (χ0n) is 4.97. The molecule has 1 radical (unpaired) electrons. The average molecular weight is 238 g/mol. The number of carboxylic acid groups (broad SMARTS) is 1. The first-order valence-electron chi connectivity index (χ1n) is 2.59. The molecular formula is C5H6AgO4. The van der Waals surface area contributed by atoms with E-state index in [0.717, 1.165) is 0 Å². The fraction of sp³-hybridized carbons (Fsp3) is 0.600. The Morgan fingerprint density at radius 3 is 2.50 bits per heavy atom. The Kier molecular flexibility index (Phi) is 3.81. The summed E-state index contributed by atoms with van der Waals surface area (Å²) in [6, 6.07) is 0. The number of Topliss-reactive ketones (excluding diaryl/α,β-unsaturated/α-hetero) is 1. The number of carboxylic acids is 1. The number of ketones is 1. The van der Waals surface area contributed by atoms with Crippen LogP contribution in [0.1, 0.15) is 6.42 Å². The predicted molar refractivity (Wildman–Crippen MR) is 27.0 cm³/mol. The summed E-state index contributed by atoms with van der Waals surface area (Å²) < 4.78 is 4.58. The van der Waals surface area contributed by atoms with Gasteiger partial charge in [0.05, 0.1) is 6.61 Å². The van der Waals surface area contributed by atoms with Gasteiger partial charge in [-0.1, -0.05) is 0 Å². The molecule has 10 heavy (non-hydrogen) atoms. The maximum atomic E-state index is 10.5. The first-order valence-corrected chi connectivity index (χ1v) is 2.59. The summed E-state index contributed by atoms with van der Waals surface area (Å²) in [5, 5.41) is 8.24. The van der Waals surface area contributed by atoms with Crippen molar-refractivity contribution in [2.45, 2.75) is 12.5 Å². The van der Waals surface area contributed by atoms with Crippen LogP contribution >= 0.6 is 0 Å². The van der Waals surface area contributed by atoms with E-state index < -0.39 is 12.1 Å². The third-order valence-corrected chi connectivity index (χ3v) is 1.15. The summed E-state index contributed by atoms with van der Waals surface area (Å²) in [7, 11) is 0. The van der Waals surface area contributed by atoms with E-state index in [-0.39, 0.29) is 41.2 Å². The Bertz CT molecular complexity index is 156. The molecule has 1 fully saturated rings. The van der Waals surface area contributed by atoms with Crippen molar-refractivity contribution >= 4 is 11.8 Å². The van der Waals surface area contributed by atoms with E-state index in [2.05, 4.69) is 4.74 Å². The number of carbonyl (C=O) groups is 2. The molecule has 0 saturated carbocycles. The number of aliphatic carboxylic acids is 1. The van der Waals surface area contributed by atoms with Crippen molar-refractivity contribution in [2.75, 3.05) is 6.61 Å². The number of carbonyl (C=O) groups excluding carboxylic acids is 1. The molecule has 1 aliphatic rings. The van der Waals surface area contributed by atoms with E-state index in [1.165, 1.54) is 0 Å². The minimum atomic E-state index is -1.19. The van der Waals surface area contributed by atoms with E-state index in [1.54, 1.807) is 0 Å². The van der Waals surface area contributed by atoms with Crippen LogP contribution in [0.3, 0.4) is 0 Å². The van der Waals surface area contributed by atoms with Gasteiger partial charge in [-0.15, -0.1) is 0 Å². The molecule has 5 heteroatoms. The van der Waals surface area contributed by atoms with Gasteiger partial charge in [-0.2, -0.15) is 0 Å².